The monoisotopic (exact) mass is 291 g/mol. The molecular weight excluding hydrogens is 274 g/mol. The first kappa shape index (κ1) is 14.7. The van der Waals surface area contributed by atoms with E-state index in [-0.39, 0.29) is 11.3 Å². The Labute approximate surface area is 123 Å². The number of hydrogen-bond donors (Lipinski definition) is 1. The van der Waals surface area contributed by atoms with Crippen molar-refractivity contribution in [3.05, 3.63) is 36.2 Å². The van der Waals surface area contributed by atoms with Gasteiger partial charge in [-0.1, -0.05) is 19.9 Å². The van der Waals surface area contributed by atoms with Crippen LogP contribution >= 0.6 is 11.6 Å². The lowest BCUT2D eigenvalue weighted by molar-refractivity contribution is 0.0954. The van der Waals surface area contributed by atoms with Crippen molar-refractivity contribution in [2.45, 2.75) is 25.6 Å². The van der Waals surface area contributed by atoms with Crippen LogP contribution in [0.4, 0.5) is 0 Å². The van der Waals surface area contributed by atoms with Crippen LogP contribution in [0.2, 0.25) is 0 Å². The molecule has 1 heterocycles. The highest BCUT2D eigenvalue weighted by molar-refractivity contribution is 6.21. The number of para-hydroxylation sites is 1. The van der Waals surface area contributed by atoms with Crippen molar-refractivity contribution >= 4 is 28.5 Å². The minimum atomic E-state index is -0.162. The quantitative estimate of drug-likeness (QED) is 0.862. The molecule has 0 aliphatic rings. The van der Waals surface area contributed by atoms with Crippen LogP contribution < -0.4 is 5.32 Å². The molecule has 1 aromatic carbocycles. The molecule has 1 aromatic heterocycles. The van der Waals surface area contributed by atoms with Gasteiger partial charge < -0.3 is 5.32 Å². The van der Waals surface area contributed by atoms with Gasteiger partial charge in [0, 0.05) is 18.9 Å². The van der Waals surface area contributed by atoms with Crippen LogP contribution in [0.3, 0.4) is 0 Å². The number of rotatable bonds is 5. The maximum absolute atomic E-state index is 12.2. The molecule has 4 nitrogen and oxygen atoms in total. The highest BCUT2D eigenvalue weighted by Gasteiger charge is 2.13. The van der Waals surface area contributed by atoms with Gasteiger partial charge in [0.15, 0.2) is 0 Å². The number of carbonyl (C=O) groups excluding carboxylic acids is 1. The molecule has 20 heavy (non-hydrogen) atoms. The summed E-state index contributed by atoms with van der Waals surface area (Å²) in [5.74, 6) is 0.350. The standard InChI is InChI=1S/C15H18ClN3O/c1-10(2)8-11(16)9-19-15(20)12-4-3-5-13-14(12)18-7-6-17-13/h3-7,10-11H,8-9H2,1-2H3,(H,19,20). The fourth-order valence-corrected chi connectivity index (χ4v) is 2.50. The zero-order valence-electron chi connectivity index (χ0n) is 11.6. The number of hydrogen-bond acceptors (Lipinski definition) is 3. The molecule has 0 aliphatic carbocycles. The summed E-state index contributed by atoms with van der Waals surface area (Å²) in [4.78, 5) is 20.6. The van der Waals surface area contributed by atoms with Crippen molar-refractivity contribution in [1.82, 2.24) is 15.3 Å². The Balaban J connectivity index is 2.08. The largest absolute Gasteiger partial charge is 0.350 e. The van der Waals surface area contributed by atoms with E-state index < -0.39 is 0 Å². The Kier molecular flexibility index (Phi) is 4.90. The van der Waals surface area contributed by atoms with E-state index in [4.69, 9.17) is 11.6 Å². The van der Waals surface area contributed by atoms with E-state index in [0.717, 1.165) is 6.42 Å². The Bertz CT molecular complexity index is 595. The van der Waals surface area contributed by atoms with Gasteiger partial charge in [-0.05, 0) is 24.5 Å². The number of amides is 1. The van der Waals surface area contributed by atoms with Gasteiger partial charge in [-0.2, -0.15) is 0 Å². The fraction of sp³-hybridized carbons (Fsp3) is 0.400. The predicted octanol–water partition coefficient (Wildman–Crippen LogP) is 3.01. The molecule has 1 N–H and O–H groups in total. The fourth-order valence-electron chi connectivity index (χ4n) is 2.07. The number of nitrogens with one attached hydrogen (secondary N) is 1. The van der Waals surface area contributed by atoms with E-state index in [0.29, 0.717) is 29.1 Å². The molecule has 5 heteroatoms. The molecule has 106 valence electrons. The van der Waals surface area contributed by atoms with Crippen LogP contribution in [0.1, 0.15) is 30.6 Å². The summed E-state index contributed by atoms with van der Waals surface area (Å²) >= 11 is 6.18. The van der Waals surface area contributed by atoms with Gasteiger partial charge in [-0.3, -0.25) is 14.8 Å². The van der Waals surface area contributed by atoms with Crippen molar-refractivity contribution in [2.24, 2.45) is 5.92 Å². The molecule has 0 saturated heterocycles. The summed E-state index contributed by atoms with van der Waals surface area (Å²) in [6, 6.07) is 5.39. The van der Waals surface area contributed by atoms with Gasteiger partial charge in [0.1, 0.15) is 5.52 Å². The number of benzene rings is 1. The third kappa shape index (κ3) is 3.67. The van der Waals surface area contributed by atoms with Crippen molar-refractivity contribution in [2.75, 3.05) is 6.54 Å². The van der Waals surface area contributed by atoms with Crippen molar-refractivity contribution < 1.29 is 4.79 Å². The van der Waals surface area contributed by atoms with E-state index in [9.17, 15) is 4.79 Å². The molecule has 0 bridgehead atoms. The summed E-state index contributed by atoms with van der Waals surface area (Å²) in [5.41, 5.74) is 1.86. The first-order valence-electron chi connectivity index (χ1n) is 6.70. The van der Waals surface area contributed by atoms with Gasteiger partial charge >= 0.3 is 0 Å². The van der Waals surface area contributed by atoms with Gasteiger partial charge in [-0.25, -0.2) is 0 Å². The van der Waals surface area contributed by atoms with Gasteiger partial charge in [0.25, 0.3) is 5.91 Å². The number of nitrogens with zero attached hydrogens (tertiary/aromatic N) is 2. The van der Waals surface area contributed by atoms with Crippen LogP contribution in [0.15, 0.2) is 30.6 Å². The topological polar surface area (TPSA) is 54.9 Å². The first-order chi connectivity index (χ1) is 9.58. The number of fused-ring (bicyclic) bond motifs is 1. The van der Waals surface area contributed by atoms with Crippen LogP contribution in [0.5, 0.6) is 0 Å². The zero-order chi connectivity index (χ0) is 14.5. The van der Waals surface area contributed by atoms with E-state index in [2.05, 4.69) is 29.1 Å². The first-order valence-corrected chi connectivity index (χ1v) is 7.13. The lowest BCUT2D eigenvalue weighted by atomic mass is 10.1. The maximum atomic E-state index is 12.2. The predicted molar refractivity (Wildman–Crippen MR) is 81.0 cm³/mol. The van der Waals surface area contributed by atoms with Gasteiger partial charge in [-0.15, -0.1) is 11.6 Å². The molecule has 1 unspecified atom stereocenters. The minimum Gasteiger partial charge on any atom is -0.350 e. The molecule has 2 aromatic rings. The lowest BCUT2D eigenvalue weighted by Gasteiger charge is -2.13. The summed E-state index contributed by atoms with van der Waals surface area (Å²) in [6.07, 6.45) is 4.07. The van der Waals surface area contributed by atoms with Gasteiger partial charge in [0.05, 0.1) is 16.5 Å². The number of alkyl halides is 1. The summed E-state index contributed by atoms with van der Waals surface area (Å²) in [7, 11) is 0. The van der Waals surface area contributed by atoms with Crippen LogP contribution in [0, 0.1) is 5.92 Å². The number of carbonyl (C=O) groups is 1. The molecular formula is C15H18ClN3O. The Morgan fingerprint density at radius 2 is 2.05 bits per heavy atom. The van der Waals surface area contributed by atoms with Crippen molar-refractivity contribution in [3.8, 4) is 0 Å². The number of halogens is 1. The Morgan fingerprint density at radius 1 is 1.30 bits per heavy atom. The maximum Gasteiger partial charge on any atom is 0.253 e. The molecule has 2 rings (SSSR count). The number of aromatic nitrogens is 2. The average molecular weight is 292 g/mol. The smallest absolute Gasteiger partial charge is 0.253 e. The highest BCUT2D eigenvalue weighted by Crippen LogP contribution is 2.14. The van der Waals surface area contributed by atoms with E-state index >= 15 is 0 Å². The average Bonchev–Trinajstić information content (AvgIpc) is 2.43. The molecule has 0 saturated carbocycles. The van der Waals surface area contributed by atoms with Crippen molar-refractivity contribution in [1.29, 1.82) is 0 Å². The molecule has 0 aliphatic heterocycles. The molecule has 0 fully saturated rings. The Morgan fingerprint density at radius 3 is 2.80 bits per heavy atom. The lowest BCUT2D eigenvalue weighted by Crippen LogP contribution is -2.30. The van der Waals surface area contributed by atoms with E-state index in [1.807, 2.05) is 6.07 Å². The third-order valence-corrected chi connectivity index (χ3v) is 3.29. The van der Waals surface area contributed by atoms with E-state index in [1.54, 1.807) is 24.5 Å². The van der Waals surface area contributed by atoms with Crippen molar-refractivity contribution in [3.63, 3.8) is 0 Å². The molecule has 0 spiro atoms. The zero-order valence-corrected chi connectivity index (χ0v) is 12.4. The van der Waals surface area contributed by atoms with Gasteiger partial charge in [0.2, 0.25) is 0 Å². The van der Waals surface area contributed by atoms with Crippen LogP contribution in [-0.4, -0.2) is 27.8 Å². The second-order valence-electron chi connectivity index (χ2n) is 5.17. The summed E-state index contributed by atoms with van der Waals surface area (Å²) in [5, 5.41) is 2.80. The normalized spacial score (nSPS) is 12.6. The Hall–Kier alpha value is -1.68. The molecule has 1 amide bonds. The summed E-state index contributed by atoms with van der Waals surface area (Å²) < 4.78 is 0. The third-order valence-electron chi connectivity index (χ3n) is 2.95. The molecule has 0 radical (unpaired) electrons. The van der Waals surface area contributed by atoms with Crippen LogP contribution in [0.25, 0.3) is 11.0 Å². The minimum absolute atomic E-state index is 0.0555. The highest BCUT2D eigenvalue weighted by atomic mass is 35.5. The second-order valence-corrected chi connectivity index (χ2v) is 5.78. The summed E-state index contributed by atoms with van der Waals surface area (Å²) in [6.45, 7) is 4.67. The van der Waals surface area contributed by atoms with E-state index in [1.165, 1.54) is 0 Å². The second kappa shape index (κ2) is 6.66. The SMILES string of the molecule is CC(C)CC(Cl)CNC(=O)c1cccc2nccnc12. The van der Waals surface area contributed by atoms with Crippen LogP contribution in [-0.2, 0) is 0 Å². The molecule has 1 atom stereocenters.